The van der Waals surface area contributed by atoms with E-state index in [0.29, 0.717) is 109 Å². The summed E-state index contributed by atoms with van der Waals surface area (Å²) in [6.45, 7) is 26.9. The molecule has 4 aromatic heterocycles. The summed E-state index contributed by atoms with van der Waals surface area (Å²) in [7, 11) is 0. The molecule has 4 N–H and O–H groups in total. The summed E-state index contributed by atoms with van der Waals surface area (Å²) in [5.41, 5.74) is 10.1. The number of carbonyl (C=O) groups excluding carboxylic acids is 8. The molecule has 28 heteroatoms. The third-order valence-corrected chi connectivity index (χ3v) is 28.6. The Bertz CT molecular complexity index is 6080. The molecular weight excluding hydrogens is 1820 g/mol. The van der Waals surface area contributed by atoms with Crippen molar-refractivity contribution in [2.75, 3.05) is 45.8 Å². The van der Waals surface area contributed by atoms with Crippen LogP contribution in [0.4, 0.5) is 31.5 Å². The topological polar surface area (TPSA) is 310 Å². The van der Waals surface area contributed by atoms with Gasteiger partial charge < -0.3 is 31.1 Å². The van der Waals surface area contributed by atoms with Gasteiger partial charge in [-0.05, 0) is 253 Å². The second-order valence-corrected chi connectivity index (χ2v) is 43.1. The van der Waals surface area contributed by atoms with Crippen molar-refractivity contribution in [3.63, 3.8) is 0 Å². The van der Waals surface area contributed by atoms with Crippen LogP contribution in [0.2, 0.25) is 0 Å². The third-order valence-electron chi connectivity index (χ3n) is 28.6. The lowest BCUT2D eigenvalue weighted by Crippen LogP contribution is -2.53. The molecule has 758 valence electrons. The average Bonchev–Trinajstić information content (AvgIpc) is 1.74. The maximum absolute atomic E-state index is 14.3. The highest BCUT2D eigenvalue weighted by atomic mass is 19.3. The molecule has 0 bridgehead atoms. The molecule has 5 aromatic carbocycles. The van der Waals surface area contributed by atoms with Crippen molar-refractivity contribution in [1.82, 2.24) is 60.8 Å². The van der Waals surface area contributed by atoms with Gasteiger partial charge in [-0.25, -0.2) is 8.78 Å². The Morgan fingerprint density at radius 3 is 1.04 bits per heavy atom. The number of anilines is 4. The number of nitrogens with one attached hydrogen (secondary N) is 4. The van der Waals surface area contributed by atoms with Crippen molar-refractivity contribution in [3.05, 3.63) is 276 Å². The molecule has 0 spiro atoms. The van der Waals surface area contributed by atoms with Gasteiger partial charge in [0, 0.05) is 163 Å². The van der Waals surface area contributed by atoms with E-state index in [1.807, 2.05) is 156 Å². The molecule has 0 radical (unpaired) electrons. The molecule has 8 fully saturated rings. The first-order valence-corrected chi connectivity index (χ1v) is 51.2. The zero-order chi connectivity index (χ0) is 104. The van der Waals surface area contributed by atoms with Gasteiger partial charge in [0.2, 0.25) is 29.6 Å². The number of aromatic nitrogens is 4. The van der Waals surface area contributed by atoms with Crippen LogP contribution in [-0.2, 0) is 49.2 Å². The summed E-state index contributed by atoms with van der Waals surface area (Å²) in [4.78, 5) is 142. The van der Waals surface area contributed by atoms with Crippen LogP contribution in [0, 0.1) is 59.7 Å². The first-order valence-electron chi connectivity index (χ1n) is 51.2. The number of nitrogens with zero attached hydrogens (tertiary/aromatic N) is 14. The third kappa shape index (κ3) is 27.0. The molecule has 8 amide bonds. The van der Waals surface area contributed by atoms with Crippen LogP contribution in [0.3, 0.4) is 0 Å². The maximum atomic E-state index is 14.3. The summed E-state index contributed by atoms with van der Waals surface area (Å²) in [6.07, 6.45) is 41.6. The van der Waals surface area contributed by atoms with Crippen LogP contribution in [0.1, 0.15) is 291 Å². The van der Waals surface area contributed by atoms with E-state index < -0.39 is 71.7 Å². The Hall–Kier alpha value is -14.4. The molecule has 17 rings (SSSR count). The molecule has 4 saturated heterocycles. The molecule has 11 atom stereocenters. The van der Waals surface area contributed by atoms with Crippen LogP contribution >= 0.6 is 0 Å². The van der Waals surface area contributed by atoms with Gasteiger partial charge >= 0.3 is 0 Å². The van der Waals surface area contributed by atoms with E-state index in [-0.39, 0.29) is 102 Å². The van der Waals surface area contributed by atoms with Gasteiger partial charge in [-0.1, -0.05) is 184 Å². The minimum absolute atomic E-state index is 0.0513. The lowest BCUT2D eigenvalue weighted by atomic mass is 9.87. The molecule has 8 heterocycles. The smallest absolute Gasteiger partial charge is 0.251 e. The predicted molar refractivity (Wildman–Crippen MR) is 559 cm³/mol. The number of nitriles is 2. The number of likely N-dealkylation sites (tertiary alicyclic amines) is 4. The van der Waals surface area contributed by atoms with Crippen LogP contribution in [-0.4, -0.2) is 161 Å². The van der Waals surface area contributed by atoms with E-state index in [0.717, 1.165) is 55.2 Å². The van der Waals surface area contributed by atoms with Crippen LogP contribution in [0.5, 0.6) is 0 Å². The number of hydrogen-bond acceptors (Lipinski definition) is 18. The Labute approximate surface area is 853 Å². The number of alkyl halides is 2. The summed E-state index contributed by atoms with van der Waals surface area (Å²) in [5, 5.41) is 31.8. The zero-order valence-corrected chi connectivity index (χ0v) is 85.5. The number of carbonyl (C=O) groups is 8. The highest BCUT2D eigenvalue weighted by molar-refractivity contribution is 6.07. The molecule has 145 heavy (non-hydrogen) atoms. The van der Waals surface area contributed by atoms with Crippen molar-refractivity contribution >= 4 is 70.0 Å². The van der Waals surface area contributed by atoms with E-state index in [1.54, 1.807) is 114 Å². The first-order chi connectivity index (χ1) is 69.4. The van der Waals surface area contributed by atoms with Crippen molar-refractivity contribution < 1.29 is 47.1 Å². The number of terminal acetylenes is 2. The van der Waals surface area contributed by atoms with Crippen LogP contribution in [0.25, 0.3) is 0 Å². The number of halogens is 2. The zero-order valence-electron chi connectivity index (χ0n) is 85.5. The van der Waals surface area contributed by atoms with Gasteiger partial charge in [0.15, 0.2) is 12.4 Å². The SMILES string of the molecule is C#CN1CCC[C@@H]1C(=O)N(c1ccc(C(C)(C)C)cc1)[C@@H](C(=O)NC1CCC(F)(F)CC1)c1cccnc1.C#CN1CCC[C@@H]1C(=O)N(c1ccc(C(C)(C)C)cc1)[C@@H](C(=O)N[C@H](C)c1ccccc1)c1cccnc1.C[C@@H]1C[C@H](C(=O)N(c2ccc(C3CC3)cc2)[C@@H](C(=O)NC(C)(C)C)c2cccnc2)N(C#N)C1.C[C@@H]1C[C@H](C(=O)N(c2ccc(C3CC3)cc2)[C@@H](C(=O)NC2CCCC2)c2cccnc2)N(C#N)C1. The fourth-order valence-electron chi connectivity index (χ4n) is 20.5. The van der Waals surface area contributed by atoms with Gasteiger partial charge in [-0.2, -0.15) is 10.5 Å². The van der Waals surface area contributed by atoms with Crippen molar-refractivity contribution in [1.29, 1.82) is 10.5 Å². The Kier molecular flexibility index (Phi) is 34.8. The largest absolute Gasteiger partial charge is 0.351 e. The van der Waals surface area contributed by atoms with Crippen molar-refractivity contribution in [3.8, 4) is 37.3 Å². The minimum atomic E-state index is -2.71. The molecule has 4 aliphatic heterocycles. The van der Waals surface area contributed by atoms with E-state index in [1.165, 1.54) is 41.7 Å². The van der Waals surface area contributed by atoms with Crippen LogP contribution < -0.4 is 40.9 Å². The van der Waals surface area contributed by atoms with E-state index in [2.05, 4.69) is 138 Å². The Balaban J connectivity index is 0.000000153. The van der Waals surface area contributed by atoms with Crippen molar-refractivity contribution in [2.24, 2.45) is 11.8 Å². The molecule has 26 nitrogen and oxygen atoms in total. The number of amides is 8. The standard InChI is InChI=1S/C32H36N4O2.C30H36F2N4O2.C28H33N5O2.C27H33N5O2/c1-6-35-21-11-15-28(35)31(38)36(27-18-16-26(17-19-27)32(3,4)5)29(25-14-10-20-33-22-25)30(37)34-23(2)24-12-8-7-9-13-24;1-5-35-19-7-9-25(35)28(38)36(24-12-10-22(11-13-24)29(2,3)4)26(21-8-6-18-33-20-21)27(37)34-23-14-16-30(31,32)17-15-23;1-19-15-25(32(17-19)18-29)28(35)33(24-12-10-21(11-13-24)20-8-9-20)26(22-5-4-14-30-16-22)27(34)31-23-6-2-3-7-23;1-18-14-23(31(16-18)17-28)26(34)32(22-11-9-20(10-12-22)19-7-8-19)24(21-6-5-13-29-15-21)25(33)30-27(2,3)4/h1,7-10,12-14,16-20,22-23,28-29H,11,15,21H2,2-5H3,(H,34,37);1,6,8,10-13,18,20,23,25-26H,7,9,14-17,19H2,2-4H3,(H,34,37);4-5,10-14,16,19-20,23,25-26H,2-3,6-9,15,17H2,1H3,(H,31,34);5-6,9-13,15,18-19,23-24H,7-8,14,16H2,1-4H3,(H,30,33)/t23-,28-,29-;25-,26-;19-,25-,26-;18-,23-,24-/m1111/s1. The molecule has 0 unspecified atom stereocenters. The first kappa shape index (κ1) is 106. The molecule has 9 aromatic rings. The number of hydrogen-bond donors (Lipinski definition) is 4. The summed E-state index contributed by atoms with van der Waals surface area (Å²) >= 11 is 0. The average molecular weight is 1960 g/mol. The predicted octanol–water partition coefficient (Wildman–Crippen LogP) is 19.0. The van der Waals surface area contributed by atoms with E-state index in [4.69, 9.17) is 12.8 Å². The Morgan fingerprint density at radius 1 is 0.400 bits per heavy atom. The summed E-state index contributed by atoms with van der Waals surface area (Å²) in [6, 6.07) is 54.4. The van der Waals surface area contributed by atoms with Gasteiger partial charge in [0.25, 0.3) is 23.6 Å². The lowest BCUT2D eigenvalue weighted by Gasteiger charge is -2.36. The summed E-state index contributed by atoms with van der Waals surface area (Å²) in [5.74, 6) is -3.20. The van der Waals surface area contributed by atoms with E-state index >= 15 is 0 Å². The highest BCUT2D eigenvalue weighted by Crippen LogP contribution is 2.46. The highest BCUT2D eigenvalue weighted by Gasteiger charge is 2.49. The lowest BCUT2D eigenvalue weighted by molar-refractivity contribution is -0.129. The fraction of sp³-hybridized carbons (Fsp3) is 0.453. The van der Waals surface area contributed by atoms with Crippen molar-refractivity contribution in [2.45, 2.75) is 299 Å². The quantitative estimate of drug-likeness (QED) is 0.0289. The van der Waals surface area contributed by atoms with Gasteiger partial charge in [-0.3, -0.25) is 87.7 Å². The number of benzene rings is 5. The second-order valence-electron chi connectivity index (χ2n) is 43.1. The van der Waals surface area contributed by atoms with Crippen LogP contribution in [0.15, 0.2) is 225 Å². The second kappa shape index (κ2) is 47.4. The fourth-order valence-corrected chi connectivity index (χ4v) is 20.5. The minimum Gasteiger partial charge on any atom is -0.351 e. The normalized spacial score (nSPS) is 20.2. The monoisotopic (exact) mass is 1960 g/mol. The van der Waals surface area contributed by atoms with Gasteiger partial charge in [0.1, 0.15) is 48.3 Å². The number of pyridine rings is 4. The number of rotatable bonds is 26. The maximum Gasteiger partial charge on any atom is 0.251 e. The van der Waals surface area contributed by atoms with Gasteiger partial charge in [-0.15, -0.1) is 0 Å². The molecule has 8 aliphatic rings. The molecule has 4 aliphatic carbocycles. The van der Waals surface area contributed by atoms with E-state index in [9.17, 15) is 57.7 Å². The molecular formula is C117H138F2N18O8. The Morgan fingerprint density at radius 2 is 0.724 bits per heavy atom. The van der Waals surface area contributed by atoms with Gasteiger partial charge in [0.05, 0.1) is 6.04 Å². The summed E-state index contributed by atoms with van der Waals surface area (Å²) < 4.78 is 27.5. The molecule has 4 saturated carbocycles.